The summed E-state index contributed by atoms with van der Waals surface area (Å²) < 4.78 is 0. The Kier molecular flexibility index (Phi) is 4.80. The second-order valence-electron chi connectivity index (χ2n) is 6.34. The minimum Gasteiger partial charge on any atom is -0.360 e. The van der Waals surface area contributed by atoms with Crippen LogP contribution in [0.2, 0.25) is 0 Å². The molecule has 0 bridgehead atoms. The lowest BCUT2D eigenvalue weighted by Crippen LogP contribution is -2.39. The number of rotatable bonds is 4. The molecule has 3 rings (SSSR count). The van der Waals surface area contributed by atoms with Crippen LogP contribution in [0.4, 0.5) is 5.82 Å². The van der Waals surface area contributed by atoms with Crippen LogP contribution >= 0.6 is 11.3 Å². The Morgan fingerprint density at radius 1 is 1.17 bits per heavy atom. The van der Waals surface area contributed by atoms with Crippen molar-refractivity contribution in [1.82, 2.24) is 15.3 Å². The first-order valence-electron chi connectivity index (χ1n) is 8.32. The van der Waals surface area contributed by atoms with Crippen LogP contribution in [0.5, 0.6) is 0 Å². The maximum Gasteiger partial charge on any atom is 0.239 e. The molecule has 0 saturated heterocycles. The van der Waals surface area contributed by atoms with Gasteiger partial charge in [-0.2, -0.15) is 0 Å². The van der Waals surface area contributed by atoms with E-state index in [1.54, 1.807) is 11.3 Å². The Balaban J connectivity index is 1.70. The van der Waals surface area contributed by atoms with Gasteiger partial charge in [-0.3, -0.25) is 4.79 Å². The smallest absolute Gasteiger partial charge is 0.239 e. The third kappa shape index (κ3) is 3.63. The van der Waals surface area contributed by atoms with E-state index in [1.165, 1.54) is 29.7 Å². The normalized spacial score (nSPS) is 15.8. The number of fused-ring (bicyclic) bond motifs is 1. The lowest BCUT2D eigenvalue weighted by molar-refractivity contribution is -0.120. The molecular formula is C17H24N4OS. The molecule has 2 N–H and O–H groups in total. The summed E-state index contributed by atoms with van der Waals surface area (Å²) in [6.45, 7) is 6.32. The van der Waals surface area contributed by atoms with Gasteiger partial charge in [-0.15, -0.1) is 11.3 Å². The first-order chi connectivity index (χ1) is 11.0. The Morgan fingerprint density at radius 3 is 2.65 bits per heavy atom. The van der Waals surface area contributed by atoms with E-state index in [0.29, 0.717) is 6.04 Å². The number of thiophene rings is 1. The maximum absolute atomic E-state index is 12.2. The van der Waals surface area contributed by atoms with Crippen molar-refractivity contribution < 1.29 is 4.79 Å². The molecule has 0 spiro atoms. The van der Waals surface area contributed by atoms with Gasteiger partial charge in [0.15, 0.2) is 0 Å². The number of nitrogens with one attached hydrogen (secondary N) is 2. The molecule has 6 heteroatoms. The van der Waals surface area contributed by atoms with Crippen molar-refractivity contribution in [2.75, 3.05) is 11.9 Å². The van der Waals surface area contributed by atoms with E-state index in [-0.39, 0.29) is 12.5 Å². The van der Waals surface area contributed by atoms with Crippen molar-refractivity contribution in [1.29, 1.82) is 0 Å². The van der Waals surface area contributed by atoms with Crippen LogP contribution < -0.4 is 10.6 Å². The summed E-state index contributed by atoms with van der Waals surface area (Å²) in [5.41, 5.74) is 1.19. The minimum atomic E-state index is 0.0471. The number of nitrogens with zero attached hydrogens (tertiary/aromatic N) is 2. The number of carbonyl (C=O) groups excluding carboxylic acids is 1. The van der Waals surface area contributed by atoms with Gasteiger partial charge in [0.25, 0.3) is 0 Å². The zero-order chi connectivity index (χ0) is 16.4. The molecule has 0 radical (unpaired) electrons. The molecule has 1 aliphatic rings. The number of amides is 1. The van der Waals surface area contributed by atoms with Crippen LogP contribution in [0.15, 0.2) is 0 Å². The lowest BCUT2D eigenvalue weighted by Gasteiger charge is -2.22. The first kappa shape index (κ1) is 16.2. The largest absolute Gasteiger partial charge is 0.360 e. The first-order valence-corrected chi connectivity index (χ1v) is 9.14. The molecule has 5 nitrogen and oxygen atoms in total. The molecule has 124 valence electrons. The minimum absolute atomic E-state index is 0.0471. The number of aryl methyl sites for hydroxylation is 3. The third-order valence-corrected chi connectivity index (χ3v) is 5.63. The van der Waals surface area contributed by atoms with Gasteiger partial charge in [0.05, 0.1) is 11.9 Å². The van der Waals surface area contributed by atoms with E-state index in [1.807, 2.05) is 6.92 Å². The molecule has 0 aliphatic heterocycles. The zero-order valence-corrected chi connectivity index (χ0v) is 14.8. The van der Waals surface area contributed by atoms with Crippen LogP contribution in [0.25, 0.3) is 10.2 Å². The fourth-order valence-corrected chi connectivity index (χ4v) is 4.25. The number of hydrogen-bond donors (Lipinski definition) is 2. The maximum atomic E-state index is 12.2. The molecule has 2 heterocycles. The van der Waals surface area contributed by atoms with Gasteiger partial charge in [-0.25, -0.2) is 9.97 Å². The predicted molar refractivity (Wildman–Crippen MR) is 95.1 cm³/mol. The quantitative estimate of drug-likeness (QED) is 0.899. The predicted octanol–water partition coefficient (Wildman–Crippen LogP) is 3.48. The molecule has 1 aliphatic carbocycles. The summed E-state index contributed by atoms with van der Waals surface area (Å²) in [7, 11) is 0. The molecular weight excluding hydrogens is 308 g/mol. The summed E-state index contributed by atoms with van der Waals surface area (Å²) in [4.78, 5) is 23.4. The molecule has 1 amide bonds. The Morgan fingerprint density at radius 2 is 1.91 bits per heavy atom. The molecule has 0 atom stereocenters. The highest BCUT2D eigenvalue weighted by Gasteiger charge is 2.17. The summed E-state index contributed by atoms with van der Waals surface area (Å²) in [6.07, 6.45) is 5.94. The standard InChI is InChI=1S/C17H24N4OS/c1-10-11(2)23-17-15(10)16(19-12(3)20-17)18-9-14(22)21-13-7-5-4-6-8-13/h13H,4-9H2,1-3H3,(H,21,22)(H,18,19,20). The van der Waals surface area contributed by atoms with E-state index in [2.05, 4.69) is 34.4 Å². The Bertz CT molecular complexity index is 719. The third-order valence-electron chi connectivity index (χ3n) is 4.53. The SMILES string of the molecule is Cc1nc(NCC(=O)NC2CCCCC2)c2c(C)c(C)sc2n1. The van der Waals surface area contributed by atoms with Crippen molar-refractivity contribution in [3.05, 3.63) is 16.3 Å². The van der Waals surface area contributed by atoms with Gasteiger partial charge in [-0.05, 0) is 39.2 Å². The topological polar surface area (TPSA) is 66.9 Å². The van der Waals surface area contributed by atoms with Crippen LogP contribution in [0, 0.1) is 20.8 Å². The highest BCUT2D eigenvalue weighted by atomic mass is 32.1. The van der Waals surface area contributed by atoms with Gasteiger partial charge in [-0.1, -0.05) is 19.3 Å². The van der Waals surface area contributed by atoms with Crippen molar-refractivity contribution in [2.45, 2.75) is 58.9 Å². The van der Waals surface area contributed by atoms with Gasteiger partial charge >= 0.3 is 0 Å². The van der Waals surface area contributed by atoms with Gasteiger partial charge in [0, 0.05) is 10.9 Å². The summed E-state index contributed by atoms with van der Waals surface area (Å²) >= 11 is 1.68. The van der Waals surface area contributed by atoms with E-state index in [0.717, 1.165) is 34.7 Å². The second kappa shape index (κ2) is 6.83. The molecule has 23 heavy (non-hydrogen) atoms. The van der Waals surface area contributed by atoms with Crippen LogP contribution in [0.1, 0.15) is 48.4 Å². The Hall–Kier alpha value is -1.69. The zero-order valence-electron chi connectivity index (χ0n) is 14.0. The number of anilines is 1. The van der Waals surface area contributed by atoms with Crippen molar-refractivity contribution >= 4 is 33.3 Å². The number of hydrogen-bond acceptors (Lipinski definition) is 5. The number of carbonyl (C=O) groups is 1. The van der Waals surface area contributed by atoms with Crippen LogP contribution in [-0.2, 0) is 4.79 Å². The summed E-state index contributed by atoms with van der Waals surface area (Å²) in [5.74, 6) is 1.55. The van der Waals surface area contributed by atoms with Crippen LogP contribution in [-0.4, -0.2) is 28.5 Å². The Labute approximate surface area is 140 Å². The molecule has 0 unspecified atom stereocenters. The van der Waals surface area contributed by atoms with Crippen molar-refractivity contribution in [3.8, 4) is 0 Å². The van der Waals surface area contributed by atoms with Crippen molar-refractivity contribution in [2.24, 2.45) is 0 Å². The molecule has 2 aromatic heterocycles. The van der Waals surface area contributed by atoms with Gasteiger partial charge in [0.2, 0.25) is 5.91 Å². The average Bonchev–Trinajstić information content (AvgIpc) is 2.80. The molecule has 1 fully saturated rings. The van der Waals surface area contributed by atoms with E-state index in [9.17, 15) is 4.79 Å². The highest BCUT2D eigenvalue weighted by molar-refractivity contribution is 7.18. The van der Waals surface area contributed by atoms with E-state index < -0.39 is 0 Å². The van der Waals surface area contributed by atoms with Gasteiger partial charge < -0.3 is 10.6 Å². The summed E-state index contributed by atoms with van der Waals surface area (Å²) in [6, 6.07) is 0.343. The monoisotopic (exact) mass is 332 g/mol. The molecule has 0 aromatic carbocycles. The van der Waals surface area contributed by atoms with Gasteiger partial charge in [0.1, 0.15) is 16.5 Å². The second-order valence-corrected chi connectivity index (χ2v) is 7.54. The molecule has 1 saturated carbocycles. The van der Waals surface area contributed by atoms with E-state index >= 15 is 0 Å². The van der Waals surface area contributed by atoms with Crippen LogP contribution in [0.3, 0.4) is 0 Å². The van der Waals surface area contributed by atoms with Crippen molar-refractivity contribution in [3.63, 3.8) is 0 Å². The number of aromatic nitrogens is 2. The lowest BCUT2D eigenvalue weighted by atomic mass is 9.95. The highest BCUT2D eigenvalue weighted by Crippen LogP contribution is 2.33. The fourth-order valence-electron chi connectivity index (χ4n) is 3.17. The molecule has 2 aromatic rings. The average molecular weight is 332 g/mol. The fraction of sp³-hybridized carbons (Fsp3) is 0.588. The van der Waals surface area contributed by atoms with E-state index in [4.69, 9.17) is 0 Å². The summed E-state index contributed by atoms with van der Waals surface area (Å²) in [5, 5.41) is 7.39.